The summed E-state index contributed by atoms with van der Waals surface area (Å²) in [7, 11) is 0. The molecule has 102 valence electrons. The summed E-state index contributed by atoms with van der Waals surface area (Å²) in [6, 6.07) is 12.1. The molecule has 0 spiro atoms. The Kier molecular flexibility index (Phi) is 3.24. The smallest absolute Gasteiger partial charge is 0.221 e. The number of aromatic nitrogens is 1. The molecule has 1 amide bonds. The number of carbonyl (C=O) groups is 1. The Morgan fingerprint density at radius 1 is 1.35 bits per heavy atom. The summed E-state index contributed by atoms with van der Waals surface area (Å²) in [4.78, 5) is 15.6. The van der Waals surface area contributed by atoms with E-state index >= 15 is 0 Å². The van der Waals surface area contributed by atoms with Crippen LogP contribution in [-0.4, -0.2) is 16.9 Å². The molecule has 1 heterocycles. The third-order valence-corrected chi connectivity index (χ3v) is 3.53. The molecule has 1 aromatic carbocycles. The molecule has 4 heteroatoms. The van der Waals surface area contributed by atoms with E-state index in [9.17, 15) is 4.79 Å². The zero-order valence-electron chi connectivity index (χ0n) is 11.3. The van der Waals surface area contributed by atoms with Crippen molar-refractivity contribution >= 4 is 11.6 Å². The van der Waals surface area contributed by atoms with Crippen molar-refractivity contribution in [1.82, 2.24) is 4.98 Å². The minimum Gasteiger partial charge on any atom is -0.327 e. The average Bonchev–Trinajstić information content (AvgIpc) is 3.16. The van der Waals surface area contributed by atoms with Crippen LogP contribution in [0.15, 0.2) is 42.6 Å². The van der Waals surface area contributed by atoms with E-state index in [1.807, 2.05) is 36.5 Å². The number of anilines is 1. The second-order valence-electron chi connectivity index (χ2n) is 5.24. The molecule has 3 N–H and O–H groups in total. The molecule has 0 bridgehead atoms. The van der Waals surface area contributed by atoms with Crippen molar-refractivity contribution in [3.8, 4) is 11.3 Å². The van der Waals surface area contributed by atoms with Gasteiger partial charge in [0.2, 0.25) is 5.91 Å². The highest BCUT2D eigenvalue weighted by molar-refractivity contribution is 5.89. The Balaban J connectivity index is 1.83. The number of rotatable bonds is 3. The van der Waals surface area contributed by atoms with Gasteiger partial charge >= 0.3 is 0 Å². The van der Waals surface area contributed by atoms with Gasteiger partial charge in [-0.15, -0.1) is 0 Å². The third kappa shape index (κ3) is 2.70. The predicted octanol–water partition coefficient (Wildman–Crippen LogP) is 2.52. The van der Waals surface area contributed by atoms with Crippen LogP contribution in [-0.2, 0) is 4.79 Å². The standard InChI is InChI=1S/C16H17N3O/c1-10(20)19-13-4-2-3-11(7-13)16-6-5-12(9-18-16)14-8-15(14)17/h2-7,9,14-15H,8,17H2,1H3,(H,19,20)/t14-,15+/m1/s1. The number of carbonyl (C=O) groups excluding carboxylic acids is 1. The molecule has 4 nitrogen and oxygen atoms in total. The maximum atomic E-state index is 11.1. The van der Waals surface area contributed by atoms with Crippen LogP contribution in [0, 0.1) is 0 Å². The van der Waals surface area contributed by atoms with Crippen LogP contribution < -0.4 is 11.1 Å². The number of hydrogen-bond acceptors (Lipinski definition) is 3. The minimum absolute atomic E-state index is 0.0758. The van der Waals surface area contributed by atoms with E-state index in [2.05, 4.69) is 16.4 Å². The molecular weight excluding hydrogens is 250 g/mol. The number of nitrogens with zero attached hydrogens (tertiary/aromatic N) is 1. The zero-order valence-corrected chi connectivity index (χ0v) is 11.3. The van der Waals surface area contributed by atoms with Gasteiger partial charge in [0.05, 0.1) is 5.69 Å². The van der Waals surface area contributed by atoms with Gasteiger partial charge in [-0.05, 0) is 30.2 Å². The Labute approximate surface area is 118 Å². The summed E-state index contributed by atoms with van der Waals surface area (Å²) < 4.78 is 0. The van der Waals surface area contributed by atoms with Crippen LogP contribution in [0.3, 0.4) is 0 Å². The van der Waals surface area contributed by atoms with E-state index in [4.69, 9.17) is 5.73 Å². The van der Waals surface area contributed by atoms with Crippen molar-refractivity contribution in [2.24, 2.45) is 5.73 Å². The summed E-state index contributed by atoms with van der Waals surface area (Å²) in [5.41, 5.74) is 9.72. The van der Waals surface area contributed by atoms with Gasteiger partial charge in [0, 0.05) is 36.3 Å². The first kappa shape index (κ1) is 12.8. The van der Waals surface area contributed by atoms with Crippen molar-refractivity contribution in [1.29, 1.82) is 0 Å². The number of nitrogens with one attached hydrogen (secondary N) is 1. The number of benzene rings is 1. The molecular formula is C16H17N3O. The first-order chi connectivity index (χ1) is 9.63. The van der Waals surface area contributed by atoms with Crippen LogP contribution in [0.1, 0.15) is 24.8 Å². The van der Waals surface area contributed by atoms with E-state index in [0.717, 1.165) is 23.4 Å². The fourth-order valence-corrected chi connectivity index (χ4v) is 2.35. The van der Waals surface area contributed by atoms with E-state index in [1.165, 1.54) is 12.5 Å². The number of pyridine rings is 1. The molecule has 1 aliphatic rings. The van der Waals surface area contributed by atoms with Crippen molar-refractivity contribution in [2.45, 2.75) is 25.3 Å². The summed E-state index contributed by atoms with van der Waals surface area (Å²) in [5, 5.41) is 2.78. The summed E-state index contributed by atoms with van der Waals surface area (Å²) >= 11 is 0. The van der Waals surface area contributed by atoms with E-state index in [-0.39, 0.29) is 5.91 Å². The summed E-state index contributed by atoms with van der Waals surface area (Å²) in [5.74, 6) is 0.399. The molecule has 1 fully saturated rings. The Hall–Kier alpha value is -2.20. The van der Waals surface area contributed by atoms with Crippen LogP contribution in [0.2, 0.25) is 0 Å². The second-order valence-corrected chi connectivity index (χ2v) is 5.24. The van der Waals surface area contributed by atoms with Crippen LogP contribution in [0.4, 0.5) is 5.69 Å². The lowest BCUT2D eigenvalue weighted by Crippen LogP contribution is -2.05. The Morgan fingerprint density at radius 2 is 2.15 bits per heavy atom. The molecule has 2 atom stereocenters. The van der Waals surface area contributed by atoms with Crippen molar-refractivity contribution in [3.63, 3.8) is 0 Å². The lowest BCUT2D eigenvalue weighted by molar-refractivity contribution is -0.114. The van der Waals surface area contributed by atoms with Gasteiger partial charge in [-0.3, -0.25) is 9.78 Å². The van der Waals surface area contributed by atoms with Crippen molar-refractivity contribution in [2.75, 3.05) is 5.32 Å². The maximum Gasteiger partial charge on any atom is 0.221 e. The zero-order chi connectivity index (χ0) is 14.1. The largest absolute Gasteiger partial charge is 0.327 e. The highest BCUT2D eigenvalue weighted by Crippen LogP contribution is 2.38. The van der Waals surface area contributed by atoms with E-state index in [1.54, 1.807) is 0 Å². The van der Waals surface area contributed by atoms with Crippen LogP contribution in [0.25, 0.3) is 11.3 Å². The third-order valence-electron chi connectivity index (χ3n) is 3.53. The van der Waals surface area contributed by atoms with Crippen molar-refractivity contribution < 1.29 is 4.79 Å². The normalized spacial score (nSPS) is 20.5. The molecule has 20 heavy (non-hydrogen) atoms. The van der Waals surface area contributed by atoms with Gasteiger partial charge in [0.25, 0.3) is 0 Å². The molecule has 1 aliphatic carbocycles. The van der Waals surface area contributed by atoms with Gasteiger partial charge in [0.1, 0.15) is 0 Å². The summed E-state index contributed by atoms with van der Waals surface area (Å²) in [6.07, 6.45) is 2.96. The molecule has 0 saturated heterocycles. The highest BCUT2D eigenvalue weighted by Gasteiger charge is 2.34. The van der Waals surface area contributed by atoms with Crippen LogP contribution >= 0.6 is 0 Å². The predicted molar refractivity (Wildman–Crippen MR) is 79.3 cm³/mol. The van der Waals surface area contributed by atoms with Gasteiger partial charge in [-0.25, -0.2) is 0 Å². The fraction of sp³-hybridized carbons (Fsp3) is 0.250. The number of hydrogen-bond donors (Lipinski definition) is 2. The average molecular weight is 267 g/mol. The number of nitrogens with two attached hydrogens (primary N) is 1. The van der Waals surface area contributed by atoms with Gasteiger partial charge in [0.15, 0.2) is 0 Å². The van der Waals surface area contributed by atoms with Crippen molar-refractivity contribution in [3.05, 3.63) is 48.2 Å². The van der Waals surface area contributed by atoms with Crippen LogP contribution in [0.5, 0.6) is 0 Å². The SMILES string of the molecule is CC(=O)Nc1cccc(-c2ccc([C@H]3C[C@@H]3N)cn2)c1. The van der Waals surface area contributed by atoms with E-state index < -0.39 is 0 Å². The molecule has 3 rings (SSSR count). The lowest BCUT2D eigenvalue weighted by atomic mass is 10.1. The van der Waals surface area contributed by atoms with Gasteiger partial charge in [-0.2, -0.15) is 0 Å². The molecule has 1 saturated carbocycles. The highest BCUT2D eigenvalue weighted by atomic mass is 16.1. The second kappa shape index (κ2) is 5.06. The molecule has 0 aliphatic heterocycles. The lowest BCUT2D eigenvalue weighted by Gasteiger charge is -2.06. The topological polar surface area (TPSA) is 68.0 Å². The quantitative estimate of drug-likeness (QED) is 0.898. The fourth-order valence-electron chi connectivity index (χ4n) is 2.35. The van der Waals surface area contributed by atoms with Gasteiger partial charge in [-0.1, -0.05) is 18.2 Å². The molecule has 0 unspecified atom stereocenters. The molecule has 2 aromatic rings. The number of amides is 1. The maximum absolute atomic E-state index is 11.1. The summed E-state index contributed by atoms with van der Waals surface area (Å²) in [6.45, 7) is 1.50. The first-order valence-electron chi connectivity index (χ1n) is 6.73. The Bertz CT molecular complexity index is 636. The first-order valence-corrected chi connectivity index (χ1v) is 6.73. The monoisotopic (exact) mass is 267 g/mol. The molecule has 1 aromatic heterocycles. The molecule has 0 radical (unpaired) electrons. The van der Waals surface area contributed by atoms with Gasteiger partial charge < -0.3 is 11.1 Å². The van der Waals surface area contributed by atoms with E-state index in [0.29, 0.717) is 12.0 Å². The Morgan fingerprint density at radius 3 is 2.75 bits per heavy atom. The minimum atomic E-state index is -0.0758.